The molecule has 1 heterocycles. The van der Waals surface area contributed by atoms with Crippen LogP contribution in [0.3, 0.4) is 0 Å². The highest BCUT2D eigenvalue weighted by Gasteiger charge is 2.34. The molecule has 2 unspecified atom stereocenters. The van der Waals surface area contributed by atoms with Crippen molar-refractivity contribution in [3.8, 4) is 0 Å². The van der Waals surface area contributed by atoms with E-state index in [-0.39, 0.29) is 5.54 Å². The minimum atomic E-state index is 0.165. The molecule has 0 bridgehead atoms. The molecule has 1 aliphatic rings. The highest BCUT2D eigenvalue weighted by molar-refractivity contribution is 4.91. The zero-order chi connectivity index (χ0) is 10.6. The second-order valence-corrected chi connectivity index (χ2v) is 4.57. The van der Waals surface area contributed by atoms with Gasteiger partial charge in [-0.2, -0.15) is 0 Å². The molecular formula is C11H24N2O. The van der Waals surface area contributed by atoms with Gasteiger partial charge in [-0.25, -0.2) is 0 Å². The van der Waals surface area contributed by atoms with Gasteiger partial charge < -0.3 is 10.5 Å². The average molecular weight is 200 g/mol. The quantitative estimate of drug-likeness (QED) is 0.741. The lowest BCUT2D eigenvalue weighted by molar-refractivity contribution is -0.0534. The normalized spacial score (nSPS) is 28.7. The third-order valence-electron chi connectivity index (χ3n) is 3.29. The van der Waals surface area contributed by atoms with Crippen molar-refractivity contribution in [1.82, 2.24) is 4.90 Å². The van der Waals surface area contributed by atoms with Crippen LogP contribution in [0.4, 0.5) is 0 Å². The van der Waals surface area contributed by atoms with Gasteiger partial charge in [0.2, 0.25) is 0 Å². The van der Waals surface area contributed by atoms with Gasteiger partial charge in [-0.05, 0) is 20.3 Å². The first kappa shape index (κ1) is 12.0. The molecule has 14 heavy (non-hydrogen) atoms. The van der Waals surface area contributed by atoms with Crippen LogP contribution in [0.2, 0.25) is 0 Å². The summed E-state index contributed by atoms with van der Waals surface area (Å²) in [6.45, 7) is 10.2. The van der Waals surface area contributed by atoms with Gasteiger partial charge >= 0.3 is 0 Å². The molecule has 2 N–H and O–H groups in total. The Morgan fingerprint density at radius 2 is 2.29 bits per heavy atom. The molecule has 1 rings (SSSR count). The van der Waals surface area contributed by atoms with E-state index < -0.39 is 0 Å². The summed E-state index contributed by atoms with van der Waals surface area (Å²) in [4.78, 5) is 2.51. The van der Waals surface area contributed by atoms with E-state index in [4.69, 9.17) is 10.5 Å². The standard InChI is InChI=1S/C11H24N2O/c1-4-5-11(3,9-12)13-6-7-14-8-10(13)2/h10H,4-9,12H2,1-3H3. The maximum absolute atomic E-state index is 5.90. The van der Waals surface area contributed by atoms with Crippen molar-refractivity contribution in [2.24, 2.45) is 5.73 Å². The first-order valence-corrected chi connectivity index (χ1v) is 5.68. The average Bonchev–Trinajstić information content (AvgIpc) is 2.18. The van der Waals surface area contributed by atoms with Gasteiger partial charge in [0.25, 0.3) is 0 Å². The summed E-state index contributed by atoms with van der Waals surface area (Å²) in [5.41, 5.74) is 6.07. The maximum atomic E-state index is 5.90. The van der Waals surface area contributed by atoms with Crippen LogP contribution >= 0.6 is 0 Å². The largest absolute Gasteiger partial charge is 0.379 e. The van der Waals surface area contributed by atoms with Crippen LogP contribution in [0.1, 0.15) is 33.6 Å². The summed E-state index contributed by atoms with van der Waals surface area (Å²) in [5, 5.41) is 0. The van der Waals surface area contributed by atoms with Gasteiger partial charge in [-0.3, -0.25) is 4.90 Å². The van der Waals surface area contributed by atoms with Crippen molar-refractivity contribution in [3.05, 3.63) is 0 Å². The Morgan fingerprint density at radius 3 is 2.79 bits per heavy atom. The number of morpholine rings is 1. The van der Waals surface area contributed by atoms with Gasteiger partial charge in [0.05, 0.1) is 13.2 Å². The first-order chi connectivity index (χ1) is 6.64. The molecule has 0 amide bonds. The highest BCUT2D eigenvalue weighted by atomic mass is 16.5. The van der Waals surface area contributed by atoms with E-state index in [1.807, 2.05) is 0 Å². The molecule has 3 nitrogen and oxygen atoms in total. The third kappa shape index (κ3) is 2.47. The minimum Gasteiger partial charge on any atom is -0.379 e. The van der Waals surface area contributed by atoms with E-state index >= 15 is 0 Å². The second kappa shape index (κ2) is 5.10. The van der Waals surface area contributed by atoms with Crippen LogP contribution in [0, 0.1) is 0 Å². The van der Waals surface area contributed by atoms with Gasteiger partial charge in [-0.1, -0.05) is 13.3 Å². The zero-order valence-corrected chi connectivity index (χ0v) is 9.75. The Hall–Kier alpha value is -0.120. The fraction of sp³-hybridized carbons (Fsp3) is 1.00. The summed E-state index contributed by atoms with van der Waals surface area (Å²) in [6, 6.07) is 0.504. The molecule has 1 saturated heterocycles. The monoisotopic (exact) mass is 200 g/mol. The number of ether oxygens (including phenoxy) is 1. The van der Waals surface area contributed by atoms with Crippen molar-refractivity contribution in [1.29, 1.82) is 0 Å². The molecule has 3 heteroatoms. The van der Waals surface area contributed by atoms with Crippen molar-refractivity contribution in [3.63, 3.8) is 0 Å². The highest BCUT2D eigenvalue weighted by Crippen LogP contribution is 2.24. The molecule has 1 aliphatic heterocycles. The molecule has 0 aromatic carbocycles. The lowest BCUT2D eigenvalue weighted by Gasteiger charge is -2.46. The van der Waals surface area contributed by atoms with Crippen LogP contribution in [0.25, 0.3) is 0 Å². The smallest absolute Gasteiger partial charge is 0.0620 e. The summed E-state index contributed by atoms with van der Waals surface area (Å²) in [5.74, 6) is 0. The third-order valence-corrected chi connectivity index (χ3v) is 3.29. The van der Waals surface area contributed by atoms with Gasteiger partial charge in [-0.15, -0.1) is 0 Å². The van der Waals surface area contributed by atoms with Crippen molar-refractivity contribution >= 4 is 0 Å². The van der Waals surface area contributed by atoms with E-state index in [1.54, 1.807) is 0 Å². The lowest BCUT2D eigenvalue weighted by Crippen LogP contribution is -2.59. The SMILES string of the molecule is CCCC(C)(CN)N1CCOCC1C. The Balaban J connectivity index is 2.65. The van der Waals surface area contributed by atoms with Gasteiger partial charge in [0.1, 0.15) is 0 Å². The van der Waals surface area contributed by atoms with Crippen molar-refractivity contribution in [2.45, 2.75) is 45.2 Å². The molecule has 0 spiro atoms. The summed E-state index contributed by atoms with van der Waals surface area (Å²) in [7, 11) is 0. The molecular weight excluding hydrogens is 176 g/mol. The van der Waals surface area contributed by atoms with E-state index in [9.17, 15) is 0 Å². The van der Waals surface area contributed by atoms with Crippen LogP contribution in [-0.4, -0.2) is 42.8 Å². The summed E-state index contributed by atoms with van der Waals surface area (Å²) < 4.78 is 5.45. The molecule has 0 aromatic rings. The zero-order valence-electron chi connectivity index (χ0n) is 9.75. The van der Waals surface area contributed by atoms with E-state index in [0.29, 0.717) is 6.04 Å². The molecule has 1 fully saturated rings. The Labute approximate surface area is 87.6 Å². The topological polar surface area (TPSA) is 38.5 Å². The number of hydrogen-bond acceptors (Lipinski definition) is 3. The number of hydrogen-bond donors (Lipinski definition) is 1. The van der Waals surface area contributed by atoms with Crippen LogP contribution < -0.4 is 5.73 Å². The fourth-order valence-electron chi connectivity index (χ4n) is 2.43. The van der Waals surface area contributed by atoms with E-state index in [0.717, 1.165) is 26.3 Å². The number of nitrogens with two attached hydrogens (primary N) is 1. The lowest BCUT2D eigenvalue weighted by atomic mass is 9.92. The molecule has 0 aromatic heterocycles. The van der Waals surface area contributed by atoms with Crippen LogP contribution in [0.5, 0.6) is 0 Å². The fourth-order valence-corrected chi connectivity index (χ4v) is 2.43. The predicted molar refractivity (Wildman–Crippen MR) is 59.4 cm³/mol. The number of rotatable bonds is 4. The molecule has 84 valence electrons. The van der Waals surface area contributed by atoms with Gasteiger partial charge in [0.15, 0.2) is 0 Å². The summed E-state index contributed by atoms with van der Waals surface area (Å²) in [6.07, 6.45) is 2.37. The Kier molecular flexibility index (Phi) is 4.35. The first-order valence-electron chi connectivity index (χ1n) is 5.68. The Bertz CT molecular complexity index is 175. The van der Waals surface area contributed by atoms with E-state index in [2.05, 4.69) is 25.7 Å². The number of nitrogens with zero attached hydrogens (tertiary/aromatic N) is 1. The molecule has 0 aliphatic carbocycles. The maximum Gasteiger partial charge on any atom is 0.0620 e. The van der Waals surface area contributed by atoms with Crippen molar-refractivity contribution < 1.29 is 4.74 Å². The van der Waals surface area contributed by atoms with Crippen LogP contribution in [0.15, 0.2) is 0 Å². The van der Waals surface area contributed by atoms with Crippen molar-refractivity contribution in [2.75, 3.05) is 26.3 Å². The second-order valence-electron chi connectivity index (χ2n) is 4.57. The van der Waals surface area contributed by atoms with E-state index in [1.165, 1.54) is 12.8 Å². The minimum absolute atomic E-state index is 0.165. The van der Waals surface area contributed by atoms with Gasteiger partial charge in [0, 0.05) is 24.7 Å². The van der Waals surface area contributed by atoms with Crippen LogP contribution in [-0.2, 0) is 4.74 Å². The molecule has 2 atom stereocenters. The predicted octanol–water partition coefficient (Wildman–Crippen LogP) is 1.22. The molecule has 0 saturated carbocycles. The Morgan fingerprint density at radius 1 is 1.57 bits per heavy atom. The molecule has 0 radical (unpaired) electrons. The summed E-state index contributed by atoms with van der Waals surface area (Å²) >= 11 is 0.